The maximum Gasteiger partial charge on any atom is 0.295 e. The van der Waals surface area contributed by atoms with E-state index in [2.05, 4.69) is 0 Å². The first-order valence-corrected chi connectivity index (χ1v) is 8.78. The van der Waals surface area contributed by atoms with Crippen LogP contribution in [0, 0.1) is 5.92 Å². The zero-order chi connectivity index (χ0) is 10.8. The lowest BCUT2D eigenvalue weighted by Gasteiger charge is -2.27. The number of rotatable bonds is 2. The summed E-state index contributed by atoms with van der Waals surface area (Å²) in [5.41, 5.74) is 5.78. The van der Waals surface area contributed by atoms with E-state index in [1.807, 2.05) is 19.6 Å². The Morgan fingerprint density at radius 3 is 2.14 bits per heavy atom. The fourth-order valence-corrected chi connectivity index (χ4v) is 2.51. The number of hydrogen-bond donors (Lipinski definition) is 1. The topological polar surface area (TPSA) is 52.3 Å². The second kappa shape index (κ2) is 4.44. The first-order chi connectivity index (χ1) is 6.38. The van der Waals surface area contributed by atoms with Crippen LogP contribution < -0.4 is 5.73 Å². The lowest BCUT2D eigenvalue weighted by molar-refractivity contribution is -0.140. The van der Waals surface area contributed by atoms with Crippen molar-refractivity contribution in [2.75, 3.05) is 0 Å². The van der Waals surface area contributed by atoms with Crippen LogP contribution in [0.1, 0.15) is 25.7 Å². The minimum atomic E-state index is -1.70. The van der Waals surface area contributed by atoms with Gasteiger partial charge in [-0.15, -0.1) is 0 Å². The molecular weight excluding hydrogens is 194 g/mol. The summed E-state index contributed by atoms with van der Waals surface area (Å²) in [6.45, 7) is 6.12. The number of carbonyl (C=O) groups is 1. The van der Waals surface area contributed by atoms with Crippen LogP contribution >= 0.6 is 0 Å². The maximum atomic E-state index is 11.7. The van der Waals surface area contributed by atoms with Gasteiger partial charge in [-0.25, -0.2) is 0 Å². The molecular formula is C10H21NO2Si. The van der Waals surface area contributed by atoms with Crippen molar-refractivity contribution in [2.45, 2.75) is 51.4 Å². The van der Waals surface area contributed by atoms with Gasteiger partial charge < -0.3 is 10.2 Å². The molecule has 0 heterocycles. The third-order valence-electron chi connectivity index (χ3n) is 2.51. The Kier molecular flexibility index (Phi) is 3.72. The molecule has 0 atom stereocenters. The van der Waals surface area contributed by atoms with Crippen LogP contribution in [0.15, 0.2) is 0 Å². The molecule has 0 radical (unpaired) electrons. The van der Waals surface area contributed by atoms with Crippen LogP contribution in [0.3, 0.4) is 0 Å². The minimum absolute atomic E-state index is 0.0102. The van der Waals surface area contributed by atoms with Gasteiger partial charge in [0.1, 0.15) is 0 Å². The highest BCUT2D eigenvalue weighted by atomic mass is 28.4. The van der Waals surface area contributed by atoms with Crippen molar-refractivity contribution < 1.29 is 9.22 Å². The molecule has 4 heteroatoms. The molecule has 0 aromatic carbocycles. The van der Waals surface area contributed by atoms with Gasteiger partial charge in [-0.2, -0.15) is 0 Å². The highest BCUT2D eigenvalue weighted by Crippen LogP contribution is 2.25. The minimum Gasteiger partial charge on any atom is -0.520 e. The molecule has 0 bridgehead atoms. The van der Waals surface area contributed by atoms with Gasteiger partial charge in [-0.3, -0.25) is 4.79 Å². The summed E-state index contributed by atoms with van der Waals surface area (Å²) in [5.74, 6) is 0.123. The third-order valence-corrected chi connectivity index (χ3v) is 3.33. The Labute approximate surface area is 87.1 Å². The zero-order valence-corrected chi connectivity index (χ0v) is 10.4. The Hall–Kier alpha value is -0.353. The Morgan fingerprint density at radius 2 is 1.71 bits per heavy atom. The highest BCUT2D eigenvalue weighted by Gasteiger charge is 2.29. The van der Waals surface area contributed by atoms with Crippen molar-refractivity contribution in [3.8, 4) is 0 Å². The first-order valence-electron chi connectivity index (χ1n) is 5.37. The largest absolute Gasteiger partial charge is 0.520 e. The van der Waals surface area contributed by atoms with Gasteiger partial charge in [0, 0.05) is 6.04 Å². The molecule has 1 aliphatic carbocycles. The van der Waals surface area contributed by atoms with Crippen LogP contribution in [-0.2, 0) is 9.22 Å². The lowest BCUT2D eigenvalue weighted by atomic mass is 9.87. The van der Waals surface area contributed by atoms with Crippen molar-refractivity contribution in [3.63, 3.8) is 0 Å². The van der Waals surface area contributed by atoms with Crippen LogP contribution in [0.4, 0.5) is 0 Å². The average Bonchev–Trinajstić information content (AvgIpc) is 2.02. The summed E-state index contributed by atoms with van der Waals surface area (Å²) in [4.78, 5) is 11.7. The van der Waals surface area contributed by atoms with Gasteiger partial charge in [0.2, 0.25) is 8.32 Å². The van der Waals surface area contributed by atoms with Gasteiger partial charge in [-0.05, 0) is 45.3 Å². The van der Waals surface area contributed by atoms with Crippen molar-refractivity contribution in [2.24, 2.45) is 11.7 Å². The van der Waals surface area contributed by atoms with Crippen molar-refractivity contribution in [1.29, 1.82) is 0 Å². The summed E-state index contributed by atoms with van der Waals surface area (Å²) < 4.78 is 5.47. The molecule has 0 unspecified atom stereocenters. The van der Waals surface area contributed by atoms with Crippen molar-refractivity contribution in [3.05, 3.63) is 0 Å². The Bertz CT molecular complexity index is 205. The van der Waals surface area contributed by atoms with E-state index < -0.39 is 8.32 Å². The van der Waals surface area contributed by atoms with Crippen LogP contribution in [-0.4, -0.2) is 20.3 Å². The van der Waals surface area contributed by atoms with Gasteiger partial charge in [-0.1, -0.05) is 0 Å². The van der Waals surface area contributed by atoms with Gasteiger partial charge >= 0.3 is 0 Å². The molecule has 1 fully saturated rings. The van der Waals surface area contributed by atoms with Crippen molar-refractivity contribution >= 4 is 14.3 Å². The van der Waals surface area contributed by atoms with E-state index in [4.69, 9.17) is 10.2 Å². The number of nitrogens with two attached hydrogens (primary N) is 1. The second-order valence-corrected chi connectivity index (χ2v) is 9.57. The Morgan fingerprint density at radius 1 is 1.21 bits per heavy atom. The predicted molar refractivity (Wildman–Crippen MR) is 59.4 cm³/mol. The molecule has 0 saturated heterocycles. The maximum absolute atomic E-state index is 11.7. The summed E-state index contributed by atoms with van der Waals surface area (Å²) in [7, 11) is -1.70. The van der Waals surface area contributed by atoms with Gasteiger partial charge in [0.15, 0.2) is 0 Å². The number of hydrogen-bond acceptors (Lipinski definition) is 3. The SMILES string of the molecule is C[Si](C)(C)OC(=O)C1CCC(N)CC1. The van der Waals surface area contributed by atoms with E-state index >= 15 is 0 Å². The highest BCUT2D eigenvalue weighted by molar-refractivity contribution is 6.71. The molecule has 0 spiro atoms. The predicted octanol–water partition coefficient (Wildman–Crippen LogP) is 1.88. The normalized spacial score (nSPS) is 28.6. The van der Waals surface area contributed by atoms with Crippen LogP contribution in [0.5, 0.6) is 0 Å². The summed E-state index contributed by atoms with van der Waals surface area (Å²) in [5, 5.41) is 0. The molecule has 3 nitrogen and oxygen atoms in total. The summed E-state index contributed by atoms with van der Waals surface area (Å²) in [6, 6.07) is 0.297. The quantitative estimate of drug-likeness (QED) is 0.716. The van der Waals surface area contributed by atoms with E-state index in [9.17, 15) is 4.79 Å². The lowest BCUT2D eigenvalue weighted by Crippen LogP contribution is -2.36. The molecule has 1 saturated carbocycles. The molecule has 1 rings (SSSR count). The smallest absolute Gasteiger partial charge is 0.295 e. The number of carbonyl (C=O) groups excluding carboxylic acids is 1. The monoisotopic (exact) mass is 215 g/mol. The zero-order valence-electron chi connectivity index (χ0n) is 9.38. The van der Waals surface area contributed by atoms with E-state index in [0.717, 1.165) is 25.7 Å². The molecule has 0 aromatic rings. The van der Waals surface area contributed by atoms with Crippen LogP contribution in [0.25, 0.3) is 0 Å². The van der Waals surface area contributed by atoms with E-state index in [-0.39, 0.29) is 11.9 Å². The molecule has 0 aliphatic heterocycles. The molecule has 1 aliphatic rings. The van der Waals surface area contributed by atoms with Gasteiger partial charge in [0.25, 0.3) is 5.97 Å². The molecule has 2 N–H and O–H groups in total. The second-order valence-electron chi connectivity index (χ2n) is 5.15. The standard InChI is InChI=1S/C10H21NO2Si/c1-14(2,3)13-10(12)8-4-6-9(11)7-5-8/h8-9H,4-7,11H2,1-3H3. The summed E-state index contributed by atoms with van der Waals surface area (Å²) >= 11 is 0. The fraction of sp³-hybridized carbons (Fsp3) is 0.900. The van der Waals surface area contributed by atoms with Gasteiger partial charge in [0.05, 0.1) is 5.92 Å². The summed E-state index contributed by atoms with van der Waals surface area (Å²) in [6.07, 6.45) is 3.74. The van der Waals surface area contributed by atoms with E-state index in [1.165, 1.54) is 0 Å². The average molecular weight is 215 g/mol. The molecule has 0 amide bonds. The molecule has 14 heavy (non-hydrogen) atoms. The Balaban J connectivity index is 2.38. The molecule has 0 aromatic heterocycles. The van der Waals surface area contributed by atoms with E-state index in [1.54, 1.807) is 0 Å². The molecule has 82 valence electrons. The first kappa shape index (κ1) is 11.7. The third kappa shape index (κ3) is 3.80. The van der Waals surface area contributed by atoms with Crippen molar-refractivity contribution in [1.82, 2.24) is 0 Å². The fourth-order valence-electron chi connectivity index (χ4n) is 1.74. The van der Waals surface area contributed by atoms with Crippen LogP contribution in [0.2, 0.25) is 19.6 Å². The van der Waals surface area contributed by atoms with E-state index in [0.29, 0.717) is 6.04 Å².